The summed E-state index contributed by atoms with van der Waals surface area (Å²) in [6.07, 6.45) is -3.10. The van der Waals surface area contributed by atoms with Crippen LogP contribution in [0.1, 0.15) is 11.1 Å². The number of amides is 1. The molecule has 1 aliphatic rings. The Morgan fingerprint density at radius 1 is 1.22 bits per heavy atom. The van der Waals surface area contributed by atoms with Crippen LogP contribution >= 0.6 is 12.2 Å². The van der Waals surface area contributed by atoms with E-state index in [1.54, 1.807) is 0 Å². The zero-order valence-corrected chi connectivity index (χ0v) is 9.65. The van der Waals surface area contributed by atoms with Gasteiger partial charge >= 0.3 is 6.18 Å². The van der Waals surface area contributed by atoms with Crippen LogP contribution in [-0.4, -0.2) is 11.0 Å². The molecule has 0 unspecified atom stereocenters. The average molecular weight is 272 g/mol. The number of halogens is 3. The topological polar surface area (TPSA) is 41.1 Å². The maximum atomic E-state index is 12.5. The highest BCUT2D eigenvalue weighted by Gasteiger charge is 2.30. The van der Waals surface area contributed by atoms with Crippen molar-refractivity contribution in [3.63, 3.8) is 0 Å². The van der Waals surface area contributed by atoms with Gasteiger partial charge in [-0.05, 0) is 36.0 Å². The monoisotopic (exact) mass is 272 g/mol. The molecule has 0 saturated carbocycles. The number of alkyl halides is 3. The fourth-order valence-electron chi connectivity index (χ4n) is 1.45. The van der Waals surface area contributed by atoms with Crippen LogP contribution in [0.15, 0.2) is 30.0 Å². The number of rotatable bonds is 1. The first-order valence-corrected chi connectivity index (χ1v) is 5.28. The molecule has 0 bridgehead atoms. The molecule has 0 spiro atoms. The summed E-state index contributed by atoms with van der Waals surface area (Å²) in [6, 6.07) is 4.68. The van der Waals surface area contributed by atoms with Gasteiger partial charge < -0.3 is 5.32 Å². The number of thiocarbonyl (C=S) groups is 1. The van der Waals surface area contributed by atoms with Gasteiger partial charge in [0.1, 0.15) is 5.70 Å². The first kappa shape index (κ1) is 12.6. The largest absolute Gasteiger partial charge is 0.416 e. The maximum absolute atomic E-state index is 12.5. The third kappa shape index (κ3) is 2.67. The van der Waals surface area contributed by atoms with Crippen molar-refractivity contribution in [1.82, 2.24) is 10.6 Å². The molecule has 0 aromatic heterocycles. The average Bonchev–Trinajstić information content (AvgIpc) is 2.56. The van der Waals surface area contributed by atoms with E-state index < -0.39 is 17.6 Å². The minimum absolute atomic E-state index is 0.124. The highest BCUT2D eigenvalue weighted by molar-refractivity contribution is 7.80. The standard InChI is InChI=1S/C11H7F3N2OS/c12-11(13,14)7-3-1-2-6(4-7)5-8-9(17)16-10(18)15-8/h1-5H,(H2,15,16,17,18). The van der Waals surface area contributed by atoms with Gasteiger partial charge in [-0.15, -0.1) is 0 Å². The molecule has 0 atom stereocenters. The van der Waals surface area contributed by atoms with Gasteiger partial charge in [0.2, 0.25) is 0 Å². The second kappa shape index (κ2) is 4.41. The van der Waals surface area contributed by atoms with Crippen LogP contribution < -0.4 is 10.6 Å². The Morgan fingerprint density at radius 2 is 1.94 bits per heavy atom. The van der Waals surface area contributed by atoms with Crippen molar-refractivity contribution in [1.29, 1.82) is 0 Å². The van der Waals surface area contributed by atoms with Crippen LogP contribution in [0, 0.1) is 0 Å². The first-order chi connectivity index (χ1) is 8.36. The normalized spacial score (nSPS) is 17.8. The third-order valence-electron chi connectivity index (χ3n) is 2.24. The Hall–Kier alpha value is -1.89. The van der Waals surface area contributed by atoms with Gasteiger partial charge in [0.25, 0.3) is 5.91 Å². The highest BCUT2D eigenvalue weighted by atomic mass is 32.1. The van der Waals surface area contributed by atoms with Crippen LogP contribution in [0.4, 0.5) is 13.2 Å². The summed E-state index contributed by atoms with van der Waals surface area (Å²) in [6.45, 7) is 0. The summed E-state index contributed by atoms with van der Waals surface area (Å²) in [7, 11) is 0. The van der Waals surface area contributed by atoms with E-state index in [1.165, 1.54) is 18.2 Å². The summed E-state index contributed by atoms with van der Waals surface area (Å²) in [5.41, 5.74) is -0.371. The molecule has 0 aliphatic carbocycles. The molecule has 18 heavy (non-hydrogen) atoms. The Bertz CT molecular complexity index is 551. The van der Waals surface area contributed by atoms with Crippen molar-refractivity contribution in [2.24, 2.45) is 0 Å². The van der Waals surface area contributed by atoms with Gasteiger partial charge in [0.05, 0.1) is 5.56 Å². The van der Waals surface area contributed by atoms with Crippen LogP contribution in [0.25, 0.3) is 6.08 Å². The molecule has 1 amide bonds. The number of carbonyl (C=O) groups is 1. The van der Waals surface area contributed by atoms with Crippen molar-refractivity contribution in [2.45, 2.75) is 6.18 Å². The molecule has 1 aromatic carbocycles. The Kier molecular flexibility index (Phi) is 3.08. The molecule has 2 rings (SSSR count). The lowest BCUT2D eigenvalue weighted by Gasteiger charge is -2.06. The van der Waals surface area contributed by atoms with Crippen molar-refractivity contribution in [2.75, 3.05) is 0 Å². The number of carbonyl (C=O) groups excluding carboxylic acids is 1. The smallest absolute Gasteiger partial charge is 0.328 e. The Morgan fingerprint density at radius 3 is 2.50 bits per heavy atom. The molecule has 1 heterocycles. The van der Waals surface area contributed by atoms with Crippen molar-refractivity contribution < 1.29 is 18.0 Å². The molecule has 7 heteroatoms. The summed E-state index contributed by atoms with van der Waals surface area (Å²) >= 11 is 4.71. The predicted molar refractivity (Wildman–Crippen MR) is 63.3 cm³/mol. The first-order valence-electron chi connectivity index (χ1n) is 4.87. The van der Waals surface area contributed by atoms with Gasteiger partial charge in [0, 0.05) is 0 Å². The fraction of sp³-hybridized carbons (Fsp3) is 0.0909. The van der Waals surface area contributed by atoms with E-state index in [2.05, 4.69) is 10.6 Å². The van der Waals surface area contributed by atoms with Gasteiger partial charge in [-0.25, -0.2) is 0 Å². The zero-order valence-electron chi connectivity index (χ0n) is 8.84. The van der Waals surface area contributed by atoms with E-state index in [4.69, 9.17) is 12.2 Å². The number of hydrogen-bond donors (Lipinski definition) is 2. The van der Waals surface area contributed by atoms with Gasteiger partial charge in [-0.3, -0.25) is 10.1 Å². The molecule has 1 aromatic rings. The van der Waals surface area contributed by atoms with Crippen molar-refractivity contribution >= 4 is 29.3 Å². The SMILES string of the molecule is O=C1NC(=S)NC1=Cc1cccc(C(F)(F)F)c1. The van der Waals surface area contributed by atoms with Crippen LogP contribution in [0.2, 0.25) is 0 Å². The van der Waals surface area contributed by atoms with Crippen LogP contribution in [-0.2, 0) is 11.0 Å². The molecular formula is C11H7F3N2OS. The molecule has 1 saturated heterocycles. The third-order valence-corrected chi connectivity index (χ3v) is 2.45. The second-order valence-corrected chi connectivity index (χ2v) is 4.00. The number of hydrogen-bond acceptors (Lipinski definition) is 2. The van der Waals surface area contributed by atoms with E-state index in [0.29, 0.717) is 0 Å². The van der Waals surface area contributed by atoms with Crippen LogP contribution in [0.3, 0.4) is 0 Å². The molecule has 2 N–H and O–H groups in total. The molecular weight excluding hydrogens is 265 g/mol. The lowest BCUT2D eigenvalue weighted by Crippen LogP contribution is -2.21. The van der Waals surface area contributed by atoms with E-state index in [0.717, 1.165) is 12.1 Å². The summed E-state index contributed by atoms with van der Waals surface area (Å²) in [5.74, 6) is -0.461. The minimum atomic E-state index is -4.41. The summed E-state index contributed by atoms with van der Waals surface area (Å²) in [5, 5.41) is 5.02. The predicted octanol–water partition coefficient (Wildman–Crippen LogP) is 2.05. The molecule has 0 radical (unpaired) electrons. The zero-order chi connectivity index (χ0) is 13.3. The molecule has 1 fully saturated rings. The van der Waals surface area contributed by atoms with E-state index in [-0.39, 0.29) is 16.4 Å². The fourth-order valence-corrected chi connectivity index (χ4v) is 1.66. The quantitative estimate of drug-likeness (QED) is 0.607. The van der Waals surface area contributed by atoms with E-state index in [1.807, 2.05) is 0 Å². The van der Waals surface area contributed by atoms with Gasteiger partial charge in [0.15, 0.2) is 5.11 Å². The van der Waals surface area contributed by atoms with Crippen molar-refractivity contribution in [3.8, 4) is 0 Å². The highest BCUT2D eigenvalue weighted by Crippen LogP contribution is 2.29. The molecule has 1 aliphatic heterocycles. The summed E-state index contributed by atoms with van der Waals surface area (Å²) in [4.78, 5) is 11.3. The maximum Gasteiger partial charge on any atom is 0.416 e. The van der Waals surface area contributed by atoms with Crippen LogP contribution in [0.5, 0.6) is 0 Å². The van der Waals surface area contributed by atoms with E-state index in [9.17, 15) is 18.0 Å². The lowest BCUT2D eigenvalue weighted by atomic mass is 10.1. The number of benzene rings is 1. The van der Waals surface area contributed by atoms with E-state index >= 15 is 0 Å². The van der Waals surface area contributed by atoms with Crippen molar-refractivity contribution in [3.05, 3.63) is 41.1 Å². The Balaban J connectivity index is 2.33. The van der Waals surface area contributed by atoms with Gasteiger partial charge in [-0.2, -0.15) is 13.2 Å². The Labute approximate surface area is 106 Å². The lowest BCUT2D eigenvalue weighted by molar-refractivity contribution is -0.137. The summed E-state index contributed by atoms with van der Waals surface area (Å²) < 4.78 is 37.5. The second-order valence-electron chi connectivity index (χ2n) is 3.59. The van der Waals surface area contributed by atoms with Gasteiger partial charge in [-0.1, -0.05) is 12.1 Å². The minimum Gasteiger partial charge on any atom is -0.328 e. The number of nitrogens with one attached hydrogen (secondary N) is 2. The molecule has 94 valence electrons. The molecule has 3 nitrogen and oxygen atoms in total.